The van der Waals surface area contributed by atoms with E-state index in [1.165, 1.54) is 0 Å². The van der Waals surface area contributed by atoms with Gasteiger partial charge in [0.1, 0.15) is 6.07 Å². The fourth-order valence-electron chi connectivity index (χ4n) is 4.38. The molecule has 6 nitrogen and oxygen atoms in total. The molecule has 1 aromatic carbocycles. The molecule has 0 radical (unpaired) electrons. The number of H-pyrrole nitrogens is 1. The van der Waals surface area contributed by atoms with Crippen molar-refractivity contribution in [2.24, 2.45) is 0 Å². The van der Waals surface area contributed by atoms with Crippen LogP contribution in [0.4, 0.5) is 0 Å². The average Bonchev–Trinajstić information content (AvgIpc) is 3.28. The predicted molar refractivity (Wildman–Crippen MR) is 138 cm³/mol. The molecule has 0 spiro atoms. The van der Waals surface area contributed by atoms with Crippen molar-refractivity contribution in [3.8, 4) is 17.3 Å². The number of para-hydroxylation sites is 1. The number of hydrogen-bond acceptors (Lipinski definition) is 4. The SMILES string of the molecule is CC1(C)c2nc(-c3c[nH]c4c(C#N)cccc34)ccc2C(=O)N1CCCO[Si](C)(C)C(C)(C)C. The molecule has 1 N–H and O–H groups in total. The van der Waals surface area contributed by atoms with E-state index in [0.29, 0.717) is 24.3 Å². The number of nitriles is 1. The number of benzene rings is 1. The minimum Gasteiger partial charge on any atom is -0.417 e. The van der Waals surface area contributed by atoms with Gasteiger partial charge in [-0.05, 0) is 56.6 Å². The molecule has 0 saturated heterocycles. The minimum atomic E-state index is -1.80. The molecule has 1 aliphatic rings. The Kier molecular flexibility index (Phi) is 5.95. The lowest BCUT2D eigenvalue weighted by Crippen LogP contribution is -2.43. The number of nitrogens with one attached hydrogen (secondary N) is 1. The summed E-state index contributed by atoms with van der Waals surface area (Å²) in [6, 6.07) is 11.7. The molecule has 34 heavy (non-hydrogen) atoms. The molecular weight excluding hydrogens is 440 g/mol. The summed E-state index contributed by atoms with van der Waals surface area (Å²) in [7, 11) is -1.80. The number of aromatic amines is 1. The van der Waals surface area contributed by atoms with Crippen molar-refractivity contribution < 1.29 is 9.22 Å². The monoisotopic (exact) mass is 474 g/mol. The lowest BCUT2D eigenvalue weighted by atomic mass is 9.98. The number of amides is 1. The van der Waals surface area contributed by atoms with Crippen molar-refractivity contribution in [3.63, 3.8) is 0 Å². The Hall–Kier alpha value is -2.95. The van der Waals surface area contributed by atoms with Crippen molar-refractivity contribution in [3.05, 3.63) is 53.3 Å². The summed E-state index contributed by atoms with van der Waals surface area (Å²) in [6.07, 6.45) is 2.68. The van der Waals surface area contributed by atoms with Crippen LogP contribution < -0.4 is 0 Å². The lowest BCUT2D eigenvalue weighted by molar-refractivity contribution is 0.0598. The third kappa shape index (κ3) is 3.95. The zero-order valence-electron chi connectivity index (χ0n) is 21.2. The highest BCUT2D eigenvalue weighted by molar-refractivity contribution is 6.74. The Balaban J connectivity index is 1.56. The van der Waals surface area contributed by atoms with Gasteiger partial charge >= 0.3 is 0 Å². The molecule has 0 fully saturated rings. The lowest BCUT2D eigenvalue weighted by Gasteiger charge is -2.37. The van der Waals surface area contributed by atoms with Gasteiger partial charge in [-0.2, -0.15) is 5.26 Å². The third-order valence-electron chi connectivity index (χ3n) is 7.53. The minimum absolute atomic E-state index is 0.0251. The summed E-state index contributed by atoms with van der Waals surface area (Å²) in [5.74, 6) is 0.0251. The van der Waals surface area contributed by atoms with Gasteiger partial charge < -0.3 is 14.3 Å². The fraction of sp³-hybridized carbons (Fsp3) is 0.444. The van der Waals surface area contributed by atoms with Gasteiger partial charge in [-0.25, -0.2) is 4.98 Å². The predicted octanol–water partition coefficient (Wildman–Crippen LogP) is 6.20. The average molecular weight is 475 g/mol. The number of hydrogen-bond donors (Lipinski definition) is 1. The van der Waals surface area contributed by atoms with E-state index in [-0.39, 0.29) is 10.9 Å². The molecule has 2 aromatic heterocycles. The highest BCUT2D eigenvalue weighted by atomic mass is 28.4. The van der Waals surface area contributed by atoms with Crippen LogP contribution in [-0.2, 0) is 9.96 Å². The van der Waals surface area contributed by atoms with Gasteiger partial charge in [0.05, 0.1) is 33.6 Å². The summed E-state index contributed by atoms with van der Waals surface area (Å²) < 4.78 is 6.32. The van der Waals surface area contributed by atoms with Crippen LogP contribution in [-0.4, -0.2) is 42.2 Å². The maximum atomic E-state index is 13.3. The molecule has 1 aliphatic heterocycles. The molecule has 4 rings (SSSR count). The van der Waals surface area contributed by atoms with Crippen LogP contribution in [0.1, 0.15) is 62.7 Å². The Labute approximate surface area is 203 Å². The Bertz CT molecular complexity index is 1290. The molecule has 0 aliphatic carbocycles. The quantitative estimate of drug-likeness (QED) is 0.340. The second-order valence-corrected chi connectivity index (χ2v) is 15.9. The Morgan fingerprint density at radius 2 is 1.91 bits per heavy atom. The number of carbonyl (C=O) groups is 1. The smallest absolute Gasteiger partial charge is 0.256 e. The van der Waals surface area contributed by atoms with E-state index >= 15 is 0 Å². The van der Waals surface area contributed by atoms with Crippen molar-refractivity contribution in [2.75, 3.05) is 13.2 Å². The van der Waals surface area contributed by atoms with Gasteiger partial charge in [0.25, 0.3) is 5.91 Å². The van der Waals surface area contributed by atoms with Gasteiger partial charge in [-0.1, -0.05) is 32.9 Å². The van der Waals surface area contributed by atoms with Gasteiger partial charge in [-0.15, -0.1) is 0 Å². The first-order valence-electron chi connectivity index (χ1n) is 11.9. The first-order valence-corrected chi connectivity index (χ1v) is 14.8. The van der Waals surface area contributed by atoms with E-state index in [9.17, 15) is 10.1 Å². The van der Waals surface area contributed by atoms with Crippen LogP contribution in [0, 0.1) is 11.3 Å². The first kappa shape index (κ1) is 24.2. The number of nitrogens with zero attached hydrogens (tertiary/aromatic N) is 3. The standard InChI is InChI=1S/C27H34N4O2Si/c1-26(2,3)34(6,7)33-15-9-14-31-25(32)20-12-13-22(30-24(20)27(31,4)5)21-17-29-23-18(16-28)10-8-11-19(21)23/h8,10-13,17,29H,9,14-15H2,1-7H3. The second kappa shape index (κ2) is 8.37. The van der Waals surface area contributed by atoms with Gasteiger partial charge in [0.15, 0.2) is 8.32 Å². The highest BCUT2D eigenvalue weighted by Crippen LogP contribution is 2.40. The molecule has 178 valence electrons. The number of pyridine rings is 1. The van der Waals surface area contributed by atoms with E-state index in [4.69, 9.17) is 9.41 Å². The number of aromatic nitrogens is 2. The molecule has 7 heteroatoms. The summed E-state index contributed by atoms with van der Waals surface area (Å²) >= 11 is 0. The van der Waals surface area contributed by atoms with Gasteiger partial charge in [0, 0.05) is 30.3 Å². The zero-order valence-corrected chi connectivity index (χ0v) is 22.2. The van der Waals surface area contributed by atoms with Crippen molar-refractivity contribution in [2.45, 2.75) is 64.7 Å². The van der Waals surface area contributed by atoms with Crippen LogP contribution in [0.15, 0.2) is 36.5 Å². The van der Waals surface area contributed by atoms with Crippen LogP contribution in [0.2, 0.25) is 18.1 Å². The molecule has 0 atom stereocenters. The number of fused-ring (bicyclic) bond motifs is 2. The van der Waals surface area contributed by atoms with E-state index in [1.54, 1.807) is 6.07 Å². The Morgan fingerprint density at radius 3 is 2.59 bits per heavy atom. The highest BCUT2D eigenvalue weighted by Gasteiger charge is 2.44. The number of rotatable bonds is 6. The van der Waals surface area contributed by atoms with Crippen molar-refractivity contribution >= 4 is 25.1 Å². The molecule has 3 heterocycles. The number of carbonyl (C=O) groups excluding carboxylic acids is 1. The Morgan fingerprint density at radius 1 is 1.18 bits per heavy atom. The van der Waals surface area contributed by atoms with E-state index in [0.717, 1.165) is 34.3 Å². The summed E-state index contributed by atoms with van der Waals surface area (Å²) in [6.45, 7) is 16.6. The first-order chi connectivity index (χ1) is 15.9. The van der Waals surface area contributed by atoms with Gasteiger partial charge in [0.2, 0.25) is 0 Å². The summed E-state index contributed by atoms with van der Waals surface area (Å²) in [5, 5.41) is 10.5. The van der Waals surface area contributed by atoms with Crippen LogP contribution in [0.5, 0.6) is 0 Å². The molecule has 0 bridgehead atoms. The molecule has 1 amide bonds. The zero-order chi connectivity index (χ0) is 24.9. The summed E-state index contributed by atoms with van der Waals surface area (Å²) in [5.41, 5.74) is 4.09. The van der Waals surface area contributed by atoms with Crippen LogP contribution >= 0.6 is 0 Å². The van der Waals surface area contributed by atoms with E-state index in [2.05, 4.69) is 58.8 Å². The van der Waals surface area contributed by atoms with Crippen LogP contribution in [0.25, 0.3) is 22.2 Å². The normalized spacial score (nSPS) is 15.6. The second-order valence-electron chi connectivity index (χ2n) is 11.1. The van der Waals surface area contributed by atoms with Crippen molar-refractivity contribution in [1.29, 1.82) is 5.26 Å². The molecular formula is C27H34N4O2Si. The maximum absolute atomic E-state index is 13.3. The van der Waals surface area contributed by atoms with Crippen molar-refractivity contribution in [1.82, 2.24) is 14.9 Å². The fourth-order valence-corrected chi connectivity index (χ4v) is 5.47. The summed E-state index contributed by atoms with van der Waals surface area (Å²) in [4.78, 5) is 23.4. The van der Waals surface area contributed by atoms with E-state index in [1.807, 2.05) is 35.4 Å². The molecule has 0 saturated carbocycles. The van der Waals surface area contributed by atoms with E-state index < -0.39 is 13.9 Å². The maximum Gasteiger partial charge on any atom is 0.256 e. The largest absolute Gasteiger partial charge is 0.417 e. The molecule has 3 aromatic rings. The third-order valence-corrected chi connectivity index (χ3v) is 12.1. The van der Waals surface area contributed by atoms with Crippen LogP contribution in [0.3, 0.4) is 0 Å². The topological polar surface area (TPSA) is 82.0 Å². The van der Waals surface area contributed by atoms with Gasteiger partial charge in [-0.3, -0.25) is 4.79 Å². The molecule has 0 unspecified atom stereocenters.